The largest absolute Gasteiger partial charge is 0.481 e. The maximum absolute atomic E-state index is 8.57. The Hall–Kier alpha value is -0.740. The zero-order valence-electron chi connectivity index (χ0n) is 6.86. The van der Waals surface area contributed by atoms with Crippen LogP contribution in [0.1, 0.15) is 0 Å². The number of nitrogens with zero attached hydrogens (tertiary/aromatic N) is 1. The van der Waals surface area contributed by atoms with Crippen LogP contribution >= 0.6 is 11.8 Å². The summed E-state index contributed by atoms with van der Waals surface area (Å²) in [5.41, 5.74) is 0. The van der Waals surface area contributed by atoms with Gasteiger partial charge in [-0.1, -0.05) is 6.07 Å². The third-order valence-electron chi connectivity index (χ3n) is 1.25. The van der Waals surface area contributed by atoms with E-state index < -0.39 is 0 Å². The van der Waals surface area contributed by atoms with Crippen molar-refractivity contribution in [1.82, 2.24) is 4.98 Å². The number of ether oxygens (including phenoxy) is 1. The van der Waals surface area contributed by atoms with E-state index in [2.05, 4.69) is 4.98 Å². The average Bonchev–Trinajstić information content (AvgIpc) is 2.15. The van der Waals surface area contributed by atoms with Crippen molar-refractivity contribution in [1.29, 1.82) is 0 Å². The Labute approximate surface area is 75.8 Å². The number of aromatic nitrogens is 1. The quantitative estimate of drug-likeness (QED) is 0.715. The molecule has 0 aliphatic heterocycles. The molecule has 0 amide bonds. The Morgan fingerprint density at radius 1 is 1.58 bits per heavy atom. The number of aliphatic hydroxyl groups excluding tert-OH is 1. The van der Waals surface area contributed by atoms with E-state index in [0.717, 1.165) is 5.03 Å². The molecule has 66 valence electrons. The summed E-state index contributed by atoms with van der Waals surface area (Å²) >= 11 is 1.51. The minimum absolute atomic E-state index is 0.170. The fourth-order valence-electron chi connectivity index (χ4n) is 0.740. The van der Waals surface area contributed by atoms with Gasteiger partial charge in [-0.2, -0.15) is 0 Å². The molecule has 0 saturated heterocycles. The smallest absolute Gasteiger partial charge is 0.213 e. The highest BCUT2D eigenvalue weighted by Crippen LogP contribution is 2.17. The number of aliphatic hydroxyl groups is 1. The number of rotatable bonds is 4. The van der Waals surface area contributed by atoms with Crippen molar-refractivity contribution in [3.05, 3.63) is 18.2 Å². The Kier molecular flexibility index (Phi) is 3.90. The molecule has 0 aromatic carbocycles. The van der Waals surface area contributed by atoms with Gasteiger partial charge in [0.2, 0.25) is 5.88 Å². The maximum atomic E-state index is 8.57. The van der Waals surface area contributed by atoms with Gasteiger partial charge in [-0.15, -0.1) is 11.8 Å². The van der Waals surface area contributed by atoms with Crippen LogP contribution in [0, 0.1) is 0 Å². The third-order valence-corrected chi connectivity index (χ3v) is 2.16. The van der Waals surface area contributed by atoms with Crippen LogP contribution in [0.2, 0.25) is 0 Å². The first-order valence-electron chi connectivity index (χ1n) is 3.61. The number of pyridine rings is 1. The molecule has 12 heavy (non-hydrogen) atoms. The zero-order chi connectivity index (χ0) is 8.81. The van der Waals surface area contributed by atoms with Crippen LogP contribution in [0.25, 0.3) is 0 Å². The molecule has 0 unspecified atom stereocenters. The first-order valence-corrected chi connectivity index (χ1v) is 4.60. The molecule has 0 spiro atoms. The lowest BCUT2D eigenvalue weighted by Gasteiger charge is -2.00. The van der Waals surface area contributed by atoms with E-state index >= 15 is 0 Å². The summed E-state index contributed by atoms with van der Waals surface area (Å²) in [6, 6.07) is 5.57. The molecule has 4 heteroatoms. The monoisotopic (exact) mass is 185 g/mol. The fourth-order valence-corrected chi connectivity index (χ4v) is 1.37. The molecule has 0 aliphatic carbocycles. The van der Waals surface area contributed by atoms with Crippen LogP contribution in [0.3, 0.4) is 0 Å². The average molecular weight is 185 g/mol. The molecular formula is C8H11NO2S. The molecule has 3 nitrogen and oxygen atoms in total. The lowest BCUT2D eigenvalue weighted by molar-refractivity contribution is 0.322. The lowest BCUT2D eigenvalue weighted by atomic mass is 10.5. The Morgan fingerprint density at radius 2 is 2.42 bits per heavy atom. The van der Waals surface area contributed by atoms with Crippen LogP contribution in [-0.2, 0) is 0 Å². The molecule has 0 aliphatic rings. The van der Waals surface area contributed by atoms with Crippen LogP contribution in [0.5, 0.6) is 5.88 Å². The highest BCUT2D eigenvalue weighted by Gasteiger charge is 1.96. The van der Waals surface area contributed by atoms with Gasteiger partial charge < -0.3 is 9.84 Å². The van der Waals surface area contributed by atoms with Crippen molar-refractivity contribution in [2.45, 2.75) is 5.03 Å². The second-order valence-corrected chi connectivity index (χ2v) is 3.21. The molecule has 0 fully saturated rings. The summed E-state index contributed by atoms with van der Waals surface area (Å²) in [5, 5.41) is 9.45. The van der Waals surface area contributed by atoms with Gasteiger partial charge >= 0.3 is 0 Å². The maximum Gasteiger partial charge on any atom is 0.213 e. The first-order chi connectivity index (χ1) is 5.86. The van der Waals surface area contributed by atoms with Crippen molar-refractivity contribution < 1.29 is 9.84 Å². The first kappa shape index (κ1) is 9.35. The van der Waals surface area contributed by atoms with Gasteiger partial charge in [0, 0.05) is 11.8 Å². The normalized spacial score (nSPS) is 9.83. The van der Waals surface area contributed by atoms with E-state index in [1.165, 1.54) is 11.8 Å². The summed E-state index contributed by atoms with van der Waals surface area (Å²) < 4.78 is 4.95. The van der Waals surface area contributed by atoms with E-state index in [1.54, 1.807) is 13.2 Å². The molecule has 1 rings (SSSR count). The van der Waals surface area contributed by atoms with Crippen LogP contribution in [0.15, 0.2) is 23.2 Å². The predicted octanol–water partition coefficient (Wildman–Crippen LogP) is 1.17. The SMILES string of the molecule is COc1cccc(SCCO)n1. The molecule has 0 saturated carbocycles. The van der Waals surface area contributed by atoms with E-state index in [4.69, 9.17) is 9.84 Å². The second-order valence-electron chi connectivity index (χ2n) is 2.09. The highest BCUT2D eigenvalue weighted by atomic mass is 32.2. The Morgan fingerprint density at radius 3 is 3.08 bits per heavy atom. The van der Waals surface area contributed by atoms with Crippen molar-refractivity contribution in [2.24, 2.45) is 0 Å². The lowest BCUT2D eigenvalue weighted by Crippen LogP contribution is -1.90. The fraction of sp³-hybridized carbons (Fsp3) is 0.375. The van der Waals surface area contributed by atoms with Gasteiger partial charge in [-0.05, 0) is 6.07 Å². The number of hydrogen-bond donors (Lipinski definition) is 1. The standard InChI is InChI=1S/C8H11NO2S/c1-11-7-3-2-4-8(9-7)12-6-5-10/h2-4,10H,5-6H2,1H3. The van der Waals surface area contributed by atoms with Gasteiger partial charge in [-0.25, -0.2) is 4.98 Å². The van der Waals surface area contributed by atoms with Gasteiger partial charge in [0.25, 0.3) is 0 Å². The van der Waals surface area contributed by atoms with Crippen molar-refractivity contribution in [3.8, 4) is 5.88 Å². The minimum Gasteiger partial charge on any atom is -0.481 e. The number of methoxy groups -OCH3 is 1. The molecule has 0 radical (unpaired) electrons. The van der Waals surface area contributed by atoms with E-state index in [-0.39, 0.29) is 6.61 Å². The van der Waals surface area contributed by atoms with Crippen molar-refractivity contribution >= 4 is 11.8 Å². The topological polar surface area (TPSA) is 42.4 Å². The summed E-state index contributed by atoms with van der Waals surface area (Å²) in [5.74, 6) is 1.28. The van der Waals surface area contributed by atoms with Gasteiger partial charge in [0.1, 0.15) is 5.03 Å². The van der Waals surface area contributed by atoms with Crippen molar-refractivity contribution in [3.63, 3.8) is 0 Å². The molecule has 0 atom stereocenters. The summed E-state index contributed by atoms with van der Waals surface area (Å²) in [6.45, 7) is 0.170. The van der Waals surface area contributed by atoms with Crippen LogP contribution in [0.4, 0.5) is 0 Å². The van der Waals surface area contributed by atoms with E-state index in [0.29, 0.717) is 11.6 Å². The highest BCUT2D eigenvalue weighted by molar-refractivity contribution is 7.99. The Balaban J connectivity index is 2.60. The predicted molar refractivity (Wildman–Crippen MR) is 48.6 cm³/mol. The molecule has 0 bridgehead atoms. The zero-order valence-corrected chi connectivity index (χ0v) is 7.67. The molecule has 1 heterocycles. The third kappa shape index (κ3) is 2.71. The van der Waals surface area contributed by atoms with Gasteiger partial charge in [0.05, 0.1) is 13.7 Å². The van der Waals surface area contributed by atoms with E-state index in [1.807, 2.05) is 12.1 Å². The van der Waals surface area contributed by atoms with Crippen LogP contribution in [-0.4, -0.2) is 29.6 Å². The number of thioether (sulfide) groups is 1. The number of hydrogen-bond acceptors (Lipinski definition) is 4. The van der Waals surface area contributed by atoms with Gasteiger partial charge in [-0.3, -0.25) is 0 Å². The summed E-state index contributed by atoms with van der Waals surface area (Å²) in [6.07, 6.45) is 0. The van der Waals surface area contributed by atoms with Gasteiger partial charge in [0.15, 0.2) is 0 Å². The van der Waals surface area contributed by atoms with Crippen molar-refractivity contribution in [2.75, 3.05) is 19.5 Å². The summed E-state index contributed by atoms with van der Waals surface area (Å²) in [7, 11) is 1.59. The summed E-state index contributed by atoms with van der Waals surface area (Å²) in [4.78, 5) is 4.16. The molecule has 1 aromatic rings. The minimum atomic E-state index is 0.170. The Bertz CT molecular complexity index is 242. The molecule has 1 aromatic heterocycles. The molecule has 1 N–H and O–H groups in total. The van der Waals surface area contributed by atoms with E-state index in [9.17, 15) is 0 Å². The molecular weight excluding hydrogens is 174 g/mol. The van der Waals surface area contributed by atoms with Crippen LogP contribution < -0.4 is 4.74 Å². The second kappa shape index (κ2) is 5.00.